The van der Waals surface area contributed by atoms with E-state index in [1.54, 1.807) is 12.1 Å². The van der Waals surface area contributed by atoms with Crippen LogP contribution in [0.1, 0.15) is 23.7 Å². The molecule has 0 aromatic heterocycles. The summed E-state index contributed by atoms with van der Waals surface area (Å²) in [7, 11) is 0. The second-order valence-electron chi connectivity index (χ2n) is 3.97. The summed E-state index contributed by atoms with van der Waals surface area (Å²) in [4.78, 5) is 12.8. The largest absolute Gasteiger partial charge is 0.351 e. The maximum absolute atomic E-state index is 12.0. The van der Waals surface area contributed by atoms with Gasteiger partial charge in [-0.15, -0.1) is 24.2 Å². The summed E-state index contributed by atoms with van der Waals surface area (Å²) in [6.45, 7) is 4.38. The Morgan fingerprint density at radius 1 is 1.20 bits per heavy atom. The first-order valence-corrected chi connectivity index (χ1v) is 8.10. The minimum absolute atomic E-state index is 0. The van der Waals surface area contributed by atoms with E-state index in [-0.39, 0.29) is 18.3 Å². The van der Waals surface area contributed by atoms with E-state index in [1.807, 2.05) is 6.26 Å². The van der Waals surface area contributed by atoms with Crippen LogP contribution >= 0.6 is 47.4 Å². The van der Waals surface area contributed by atoms with E-state index in [0.717, 1.165) is 24.4 Å². The minimum Gasteiger partial charge on any atom is -0.351 e. The molecular weight excluding hydrogens is 339 g/mol. The molecule has 1 rings (SSSR count). The Hall–Kier alpha value is -0.130. The monoisotopic (exact) mass is 356 g/mol. The van der Waals surface area contributed by atoms with E-state index in [9.17, 15) is 4.79 Å². The summed E-state index contributed by atoms with van der Waals surface area (Å²) in [6, 6.07) is 3.34. The molecule has 0 radical (unpaired) electrons. The number of rotatable bonds is 7. The van der Waals surface area contributed by atoms with Gasteiger partial charge in [-0.05, 0) is 31.4 Å². The lowest BCUT2D eigenvalue weighted by molar-refractivity contribution is 0.0954. The number of benzene rings is 1. The van der Waals surface area contributed by atoms with Crippen LogP contribution in [0, 0.1) is 0 Å². The Kier molecular flexibility index (Phi) is 10.5. The maximum atomic E-state index is 12.0. The van der Waals surface area contributed by atoms with Crippen molar-refractivity contribution in [2.45, 2.75) is 18.2 Å². The Morgan fingerprint density at radius 3 is 2.50 bits per heavy atom. The van der Waals surface area contributed by atoms with Crippen molar-refractivity contribution in [3.63, 3.8) is 0 Å². The zero-order valence-electron chi connectivity index (χ0n) is 11.5. The number of halogens is 3. The molecule has 0 fully saturated rings. The average molecular weight is 358 g/mol. The van der Waals surface area contributed by atoms with Crippen molar-refractivity contribution >= 4 is 53.3 Å². The third-order valence-corrected chi connectivity index (χ3v) is 4.02. The smallest absolute Gasteiger partial charge is 0.252 e. The van der Waals surface area contributed by atoms with Gasteiger partial charge in [0.05, 0.1) is 15.6 Å². The second-order valence-corrected chi connectivity index (χ2v) is 5.63. The summed E-state index contributed by atoms with van der Waals surface area (Å²) in [5.41, 5.74) is 0.464. The van der Waals surface area contributed by atoms with E-state index < -0.39 is 0 Å². The van der Waals surface area contributed by atoms with Crippen molar-refractivity contribution in [3.8, 4) is 0 Å². The van der Waals surface area contributed by atoms with Crippen molar-refractivity contribution in [2.24, 2.45) is 0 Å². The predicted octanol–water partition coefficient (Wildman–Crippen LogP) is 3.87. The van der Waals surface area contributed by atoms with E-state index >= 15 is 0 Å². The van der Waals surface area contributed by atoms with Crippen LogP contribution in [0.5, 0.6) is 0 Å². The van der Waals surface area contributed by atoms with Crippen LogP contribution in [0.25, 0.3) is 0 Å². The van der Waals surface area contributed by atoms with Crippen molar-refractivity contribution in [1.29, 1.82) is 0 Å². The molecular formula is C13H19Cl3N2OS. The Morgan fingerprint density at radius 2 is 1.90 bits per heavy atom. The number of nitrogens with one attached hydrogen (secondary N) is 2. The predicted molar refractivity (Wildman–Crippen MR) is 91.0 cm³/mol. The molecule has 20 heavy (non-hydrogen) atoms. The first-order valence-electron chi connectivity index (χ1n) is 6.12. The Bertz CT molecular complexity index is 444. The van der Waals surface area contributed by atoms with Gasteiger partial charge in [0.25, 0.3) is 5.91 Å². The number of thioether (sulfide) groups is 1. The van der Waals surface area contributed by atoms with Gasteiger partial charge in [-0.1, -0.05) is 30.1 Å². The van der Waals surface area contributed by atoms with Crippen molar-refractivity contribution in [2.75, 3.05) is 25.9 Å². The van der Waals surface area contributed by atoms with E-state index in [1.165, 1.54) is 11.8 Å². The SMILES string of the molecule is CCCNCCNC(=O)c1cc(SC)c(Cl)cc1Cl.Cl. The quantitative estimate of drug-likeness (QED) is 0.575. The molecule has 0 bridgehead atoms. The van der Waals surface area contributed by atoms with Gasteiger partial charge in [-0.3, -0.25) is 4.79 Å². The highest BCUT2D eigenvalue weighted by Gasteiger charge is 2.13. The fraction of sp³-hybridized carbons (Fsp3) is 0.462. The van der Waals surface area contributed by atoms with Crippen molar-refractivity contribution < 1.29 is 4.79 Å². The third-order valence-electron chi connectivity index (χ3n) is 2.50. The van der Waals surface area contributed by atoms with Crippen LogP contribution in [0.4, 0.5) is 0 Å². The van der Waals surface area contributed by atoms with Crippen LogP contribution in [-0.4, -0.2) is 31.8 Å². The first-order chi connectivity index (χ1) is 9.10. The molecule has 3 nitrogen and oxygen atoms in total. The standard InChI is InChI=1S/C13H18Cl2N2OS.ClH/c1-3-4-16-5-6-17-13(18)9-7-12(19-2)11(15)8-10(9)14;/h7-8,16H,3-6H2,1-2H3,(H,17,18);1H. The number of amides is 1. The molecule has 0 atom stereocenters. The van der Waals surface area contributed by atoms with E-state index in [4.69, 9.17) is 23.2 Å². The van der Waals surface area contributed by atoms with Crippen LogP contribution in [0.15, 0.2) is 17.0 Å². The number of carbonyl (C=O) groups is 1. The number of hydrogen-bond acceptors (Lipinski definition) is 3. The minimum atomic E-state index is -0.171. The summed E-state index contributed by atoms with van der Waals surface area (Å²) in [5, 5.41) is 6.99. The highest BCUT2D eigenvalue weighted by atomic mass is 35.5. The lowest BCUT2D eigenvalue weighted by Gasteiger charge is -2.09. The van der Waals surface area contributed by atoms with Crippen LogP contribution in [0.3, 0.4) is 0 Å². The second kappa shape index (κ2) is 10.6. The molecule has 114 valence electrons. The van der Waals surface area contributed by atoms with Gasteiger partial charge in [0.2, 0.25) is 0 Å². The molecule has 0 spiro atoms. The fourth-order valence-electron chi connectivity index (χ4n) is 1.52. The molecule has 0 aliphatic heterocycles. The van der Waals surface area contributed by atoms with Gasteiger partial charge in [-0.2, -0.15) is 0 Å². The maximum Gasteiger partial charge on any atom is 0.252 e. The molecule has 1 aromatic rings. The molecule has 0 heterocycles. The summed E-state index contributed by atoms with van der Waals surface area (Å²) < 4.78 is 0. The average Bonchev–Trinajstić information content (AvgIpc) is 2.38. The van der Waals surface area contributed by atoms with Crippen LogP contribution < -0.4 is 10.6 Å². The highest BCUT2D eigenvalue weighted by Crippen LogP contribution is 2.31. The lowest BCUT2D eigenvalue weighted by atomic mass is 10.2. The number of carbonyl (C=O) groups excluding carboxylic acids is 1. The Balaban J connectivity index is 0.00000361. The van der Waals surface area contributed by atoms with Gasteiger partial charge in [0.1, 0.15) is 0 Å². The molecule has 0 saturated heterocycles. The lowest BCUT2D eigenvalue weighted by Crippen LogP contribution is -2.32. The molecule has 1 aromatic carbocycles. The zero-order chi connectivity index (χ0) is 14.3. The molecule has 2 N–H and O–H groups in total. The van der Waals surface area contributed by atoms with Gasteiger partial charge in [-0.25, -0.2) is 0 Å². The summed E-state index contributed by atoms with van der Waals surface area (Å²) in [5.74, 6) is -0.171. The molecule has 0 unspecified atom stereocenters. The number of hydrogen-bond donors (Lipinski definition) is 2. The van der Waals surface area contributed by atoms with Gasteiger partial charge >= 0.3 is 0 Å². The normalized spacial score (nSPS) is 10.0. The van der Waals surface area contributed by atoms with Gasteiger partial charge in [0.15, 0.2) is 0 Å². The molecule has 0 aliphatic carbocycles. The fourth-order valence-corrected chi connectivity index (χ4v) is 2.71. The molecule has 1 amide bonds. The van der Waals surface area contributed by atoms with E-state index in [2.05, 4.69) is 17.6 Å². The van der Waals surface area contributed by atoms with Crippen LogP contribution in [-0.2, 0) is 0 Å². The van der Waals surface area contributed by atoms with Gasteiger partial charge in [0, 0.05) is 18.0 Å². The van der Waals surface area contributed by atoms with Crippen molar-refractivity contribution in [1.82, 2.24) is 10.6 Å². The van der Waals surface area contributed by atoms with E-state index in [0.29, 0.717) is 22.2 Å². The highest BCUT2D eigenvalue weighted by molar-refractivity contribution is 7.98. The van der Waals surface area contributed by atoms with Crippen LogP contribution in [0.2, 0.25) is 10.0 Å². The topological polar surface area (TPSA) is 41.1 Å². The molecule has 7 heteroatoms. The van der Waals surface area contributed by atoms with Gasteiger partial charge < -0.3 is 10.6 Å². The van der Waals surface area contributed by atoms with Crippen molar-refractivity contribution in [3.05, 3.63) is 27.7 Å². The third kappa shape index (κ3) is 6.10. The first kappa shape index (κ1) is 19.9. The molecule has 0 saturated carbocycles. The summed E-state index contributed by atoms with van der Waals surface area (Å²) in [6.07, 6.45) is 2.99. The summed E-state index contributed by atoms with van der Waals surface area (Å²) >= 11 is 13.6. The molecule has 0 aliphatic rings. The zero-order valence-corrected chi connectivity index (χ0v) is 14.6. The Labute approximate surface area is 140 Å².